The molecule has 0 spiro atoms. The van der Waals surface area contributed by atoms with Crippen LogP contribution in [0.15, 0.2) is 40.9 Å². The fourth-order valence-corrected chi connectivity index (χ4v) is 7.35. The molecule has 1 aromatic carbocycles. The van der Waals surface area contributed by atoms with E-state index in [0.717, 1.165) is 51.0 Å². The topological polar surface area (TPSA) is 58.4 Å². The number of nitrogens with zero attached hydrogens (tertiary/aromatic N) is 4. The zero-order valence-corrected chi connectivity index (χ0v) is 21.4. The Kier molecular flexibility index (Phi) is 6.96. The monoisotopic (exact) mass is 482 g/mol. The quantitative estimate of drug-likeness (QED) is 0.576. The first-order valence-electron chi connectivity index (χ1n) is 13.0. The second-order valence-electron chi connectivity index (χ2n) is 10.3. The molecule has 2 aromatic rings. The van der Waals surface area contributed by atoms with E-state index in [2.05, 4.69) is 28.8 Å². The molecule has 1 aromatic heterocycles. The fourth-order valence-electron chi connectivity index (χ4n) is 5.89. The van der Waals surface area contributed by atoms with Crippen LogP contribution in [0.5, 0.6) is 0 Å². The molecule has 7 heteroatoms. The molecule has 3 heterocycles. The Hall–Kier alpha value is -1.96. The lowest BCUT2D eigenvalue weighted by Crippen LogP contribution is -2.46. The maximum absolute atomic E-state index is 13.5. The molecular formula is C27H38N4O2S. The van der Waals surface area contributed by atoms with Crippen molar-refractivity contribution in [3.8, 4) is 0 Å². The summed E-state index contributed by atoms with van der Waals surface area (Å²) in [6.45, 7) is 9.54. The van der Waals surface area contributed by atoms with E-state index in [1.807, 2.05) is 19.1 Å². The highest BCUT2D eigenvalue weighted by atomic mass is 32.2. The van der Waals surface area contributed by atoms with E-state index in [-0.39, 0.29) is 5.92 Å². The van der Waals surface area contributed by atoms with E-state index in [4.69, 9.17) is 5.10 Å². The molecule has 0 radical (unpaired) electrons. The second-order valence-corrected chi connectivity index (χ2v) is 12.2. The third kappa shape index (κ3) is 4.62. The van der Waals surface area contributed by atoms with E-state index < -0.39 is 10.0 Å². The minimum Gasteiger partial charge on any atom is -0.303 e. The van der Waals surface area contributed by atoms with E-state index >= 15 is 0 Å². The van der Waals surface area contributed by atoms with Gasteiger partial charge in [0.2, 0.25) is 10.0 Å². The van der Waals surface area contributed by atoms with Gasteiger partial charge in [-0.15, -0.1) is 0 Å². The van der Waals surface area contributed by atoms with Crippen molar-refractivity contribution in [1.82, 2.24) is 19.0 Å². The van der Waals surface area contributed by atoms with Crippen LogP contribution in [0, 0.1) is 12.8 Å². The molecule has 184 valence electrons. The van der Waals surface area contributed by atoms with E-state index in [0.29, 0.717) is 23.9 Å². The average molecular weight is 483 g/mol. The van der Waals surface area contributed by atoms with Gasteiger partial charge in [0.1, 0.15) is 0 Å². The van der Waals surface area contributed by atoms with Crippen LogP contribution in [0.25, 0.3) is 6.08 Å². The van der Waals surface area contributed by atoms with Gasteiger partial charge in [0.25, 0.3) is 0 Å². The predicted molar refractivity (Wildman–Crippen MR) is 136 cm³/mol. The third-order valence-electron chi connectivity index (χ3n) is 7.93. The molecule has 2 saturated heterocycles. The van der Waals surface area contributed by atoms with E-state index in [1.165, 1.54) is 36.1 Å². The number of benzene rings is 1. The number of rotatable bonds is 7. The standard InChI is InChI=1S/C27H38N4O2S/c1-3-4-15-31-27-17-22-12-16-30(34(32,33)23-10-8-21(2)9-11-23)20-25(22)26(24(27)18-28-31)19-29-13-6-5-7-14-29/h8-11,17-18,25-26H,3-7,12-16,19-20H2,1-2H3/t25?,26-/m1/s1. The van der Waals surface area contributed by atoms with Crippen LogP contribution in [0.4, 0.5) is 0 Å². The van der Waals surface area contributed by atoms with Gasteiger partial charge in [0, 0.05) is 43.6 Å². The Morgan fingerprint density at radius 1 is 1.06 bits per heavy atom. The number of hydrogen-bond acceptors (Lipinski definition) is 4. The minimum absolute atomic E-state index is 0.215. The number of likely N-dealkylation sites (tertiary alicyclic amines) is 1. The van der Waals surface area contributed by atoms with E-state index in [9.17, 15) is 8.42 Å². The first kappa shape index (κ1) is 23.8. The summed E-state index contributed by atoms with van der Waals surface area (Å²) in [4.78, 5) is 3.00. The molecule has 0 amide bonds. The van der Waals surface area contributed by atoms with E-state index in [1.54, 1.807) is 16.4 Å². The Morgan fingerprint density at radius 2 is 1.82 bits per heavy atom. The number of aromatic nitrogens is 2. The maximum Gasteiger partial charge on any atom is 0.243 e. The van der Waals surface area contributed by atoms with Crippen molar-refractivity contribution in [3.63, 3.8) is 0 Å². The van der Waals surface area contributed by atoms with Crippen LogP contribution in [0.3, 0.4) is 0 Å². The van der Waals surface area contributed by atoms with Crippen LogP contribution in [0.2, 0.25) is 0 Å². The Balaban J connectivity index is 1.45. The maximum atomic E-state index is 13.5. The molecule has 0 bridgehead atoms. The zero-order chi connectivity index (χ0) is 23.7. The molecule has 1 aliphatic carbocycles. The molecule has 2 fully saturated rings. The average Bonchev–Trinajstić information content (AvgIpc) is 3.26. The number of sulfonamides is 1. The summed E-state index contributed by atoms with van der Waals surface area (Å²) in [6, 6.07) is 7.27. The number of piperidine rings is 2. The Labute approximate surface area is 204 Å². The number of hydrogen-bond donors (Lipinski definition) is 0. The van der Waals surface area contributed by atoms with Gasteiger partial charge < -0.3 is 4.90 Å². The summed E-state index contributed by atoms with van der Waals surface area (Å²) in [5.41, 5.74) is 5.05. The smallest absolute Gasteiger partial charge is 0.243 e. The largest absolute Gasteiger partial charge is 0.303 e. The van der Waals surface area contributed by atoms with Gasteiger partial charge in [0.05, 0.1) is 16.8 Å². The van der Waals surface area contributed by atoms with Gasteiger partial charge in [-0.05, 0) is 63.9 Å². The van der Waals surface area contributed by atoms with Gasteiger partial charge in [-0.2, -0.15) is 9.40 Å². The van der Waals surface area contributed by atoms with Crippen LogP contribution in [-0.4, -0.2) is 60.1 Å². The summed E-state index contributed by atoms with van der Waals surface area (Å²) in [6.07, 6.45) is 11.3. The summed E-state index contributed by atoms with van der Waals surface area (Å²) < 4.78 is 30.9. The van der Waals surface area contributed by atoms with Crippen LogP contribution in [0.1, 0.15) is 68.2 Å². The van der Waals surface area contributed by atoms with Crippen LogP contribution in [-0.2, 0) is 16.6 Å². The lowest BCUT2D eigenvalue weighted by atomic mass is 9.74. The second kappa shape index (κ2) is 9.96. The number of unbranched alkanes of at least 4 members (excludes halogenated alkanes) is 1. The van der Waals surface area contributed by atoms with Crippen LogP contribution >= 0.6 is 0 Å². The van der Waals surface area contributed by atoms with Crippen molar-refractivity contribution in [1.29, 1.82) is 0 Å². The number of aryl methyl sites for hydroxylation is 2. The lowest BCUT2D eigenvalue weighted by molar-refractivity contribution is 0.185. The molecule has 6 nitrogen and oxygen atoms in total. The third-order valence-corrected chi connectivity index (χ3v) is 9.81. The molecule has 5 rings (SSSR count). The first-order valence-corrected chi connectivity index (χ1v) is 14.5. The predicted octanol–water partition coefficient (Wildman–Crippen LogP) is 4.67. The molecule has 34 heavy (non-hydrogen) atoms. The van der Waals surface area contributed by atoms with Crippen molar-refractivity contribution in [3.05, 3.63) is 52.9 Å². The lowest BCUT2D eigenvalue weighted by Gasteiger charge is -2.42. The van der Waals surface area contributed by atoms with Gasteiger partial charge in [-0.1, -0.05) is 43.0 Å². The molecule has 3 aliphatic rings. The van der Waals surface area contributed by atoms with Gasteiger partial charge in [-0.25, -0.2) is 8.42 Å². The normalized spacial score (nSPS) is 23.9. The number of fused-ring (bicyclic) bond motifs is 2. The van der Waals surface area contributed by atoms with Crippen molar-refractivity contribution < 1.29 is 8.42 Å². The summed E-state index contributed by atoms with van der Waals surface area (Å²) >= 11 is 0. The van der Waals surface area contributed by atoms with Crippen molar-refractivity contribution in [2.24, 2.45) is 5.92 Å². The molecule has 0 saturated carbocycles. The summed E-state index contributed by atoms with van der Waals surface area (Å²) in [5.74, 6) is 0.506. The zero-order valence-electron chi connectivity index (χ0n) is 20.6. The summed E-state index contributed by atoms with van der Waals surface area (Å²) in [5, 5.41) is 4.78. The fraction of sp³-hybridized carbons (Fsp3) is 0.593. The molecule has 1 unspecified atom stereocenters. The van der Waals surface area contributed by atoms with Gasteiger partial charge in [-0.3, -0.25) is 4.68 Å². The van der Waals surface area contributed by atoms with Crippen molar-refractivity contribution in [2.45, 2.75) is 69.7 Å². The summed E-state index contributed by atoms with van der Waals surface area (Å²) in [7, 11) is -3.50. The molecular weight excluding hydrogens is 444 g/mol. The van der Waals surface area contributed by atoms with Crippen molar-refractivity contribution >= 4 is 16.1 Å². The minimum atomic E-state index is -3.50. The highest BCUT2D eigenvalue weighted by Gasteiger charge is 2.41. The Bertz CT molecular complexity index is 1130. The molecule has 2 aliphatic heterocycles. The first-order chi connectivity index (χ1) is 16.5. The SMILES string of the molecule is CCCCn1ncc2c1C=C1CCN(S(=O)(=O)c3ccc(C)cc3)CC1[C@@H]2CN1CCCCC1. The molecule has 0 N–H and O–H groups in total. The van der Waals surface area contributed by atoms with Crippen LogP contribution < -0.4 is 0 Å². The van der Waals surface area contributed by atoms with Gasteiger partial charge in [0.15, 0.2) is 0 Å². The molecule has 2 atom stereocenters. The highest BCUT2D eigenvalue weighted by molar-refractivity contribution is 7.89. The highest BCUT2D eigenvalue weighted by Crippen LogP contribution is 2.44. The Morgan fingerprint density at radius 3 is 2.56 bits per heavy atom. The van der Waals surface area contributed by atoms with Gasteiger partial charge >= 0.3 is 0 Å². The van der Waals surface area contributed by atoms with Crippen molar-refractivity contribution in [2.75, 3.05) is 32.7 Å².